The molecular formula is C23H31N3O3S. The monoisotopic (exact) mass is 429 g/mol. The summed E-state index contributed by atoms with van der Waals surface area (Å²) in [6, 6.07) is 7.40. The molecule has 0 spiro atoms. The third-order valence-electron chi connectivity index (χ3n) is 6.18. The minimum atomic E-state index is -0.322. The average Bonchev–Trinajstić information content (AvgIpc) is 3.28. The van der Waals surface area contributed by atoms with Crippen molar-refractivity contribution in [1.82, 2.24) is 14.9 Å². The lowest BCUT2D eigenvalue weighted by Crippen LogP contribution is -2.36. The molecule has 1 aliphatic heterocycles. The second-order valence-electron chi connectivity index (χ2n) is 8.47. The lowest BCUT2D eigenvalue weighted by Gasteiger charge is -2.23. The molecule has 0 radical (unpaired) electrons. The number of benzene rings is 1. The van der Waals surface area contributed by atoms with Gasteiger partial charge >= 0.3 is 0 Å². The van der Waals surface area contributed by atoms with Crippen molar-refractivity contribution < 1.29 is 9.53 Å². The molecule has 1 amide bonds. The Hall–Kier alpha value is -1.86. The van der Waals surface area contributed by atoms with Gasteiger partial charge in [-0.05, 0) is 50.7 Å². The van der Waals surface area contributed by atoms with Crippen LogP contribution in [0.4, 0.5) is 0 Å². The first kappa shape index (κ1) is 21.4. The topological polar surface area (TPSA) is 73.2 Å². The molecule has 2 atom stereocenters. The van der Waals surface area contributed by atoms with Crippen molar-refractivity contribution in [2.45, 2.75) is 74.9 Å². The molecule has 162 valence electrons. The first-order valence-electron chi connectivity index (χ1n) is 11.2. The SMILES string of the molecule is CC(Sc1nc2ccccc2c(=O)n1CC1CCCO1)C(=O)NCC1CCCCC1. The minimum Gasteiger partial charge on any atom is -0.376 e. The normalized spacial score (nSPS) is 21.0. The second kappa shape index (κ2) is 9.96. The summed E-state index contributed by atoms with van der Waals surface area (Å²) in [7, 11) is 0. The Kier molecular flexibility index (Phi) is 7.10. The molecule has 7 heteroatoms. The zero-order chi connectivity index (χ0) is 20.9. The first-order valence-corrected chi connectivity index (χ1v) is 12.1. The highest BCUT2D eigenvalue weighted by molar-refractivity contribution is 8.00. The van der Waals surface area contributed by atoms with Crippen LogP contribution in [0.15, 0.2) is 34.2 Å². The van der Waals surface area contributed by atoms with Gasteiger partial charge in [-0.25, -0.2) is 4.98 Å². The highest BCUT2D eigenvalue weighted by Gasteiger charge is 2.24. The van der Waals surface area contributed by atoms with Gasteiger partial charge in [-0.2, -0.15) is 0 Å². The number of aromatic nitrogens is 2. The molecule has 1 aromatic heterocycles. The smallest absolute Gasteiger partial charge is 0.262 e. The molecular weight excluding hydrogens is 398 g/mol. The zero-order valence-corrected chi connectivity index (χ0v) is 18.5. The van der Waals surface area contributed by atoms with E-state index in [0.717, 1.165) is 26.0 Å². The summed E-state index contributed by atoms with van der Waals surface area (Å²) < 4.78 is 7.46. The number of para-hydroxylation sites is 1. The molecule has 1 aliphatic carbocycles. The fourth-order valence-corrected chi connectivity index (χ4v) is 5.32. The molecule has 0 bridgehead atoms. The highest BCUT2D eigenvalue weighted by atomic mass is 32.2. The van der Waals surface area contributed by atoms with E-state index in [0.29, 0.717) is 28.5 Å². The molecule has 2 aromatic rings. The third kappa shape index (κ3) is 5.06. The van der Waals surface area contributed by atoms with Gasteiger partial charge in [0.15, 0.2) is 5.16 Å². The number of hydrogen-bond acceptors (Lipinski definition) is 5. The van der Waals surface area contributed by atoms with Crippen LogP contribution in [-0.4, -0.2) is 40.0 Å². The molecule has 1 N–H and O–H groups in total. The summed E-state index contributed by atoms with van der Waals surface area (Å²) in [6.45, 7) is 3.86. The van der Waals surface area contributed by atoms with Crippen molar-refractivity contribution in [3.05, 3.63) is 34.6 Å². The fraction of sp³-hybridized carbons (Fsp3) is 0.609. The number of amides is 1. The van der Waals surface area contributed by atoms with Crippen LogP contribution < -0.4 is 10.9 Å². The van der Waals surface area contributed by atoms with Crippen molar-refractivity contribution >= 4 is 28.6 Å². The lowest BCUT2D eigenvalue weighted by molar-refractivity contribution is -0.120. The highest BCUT2D eigenvalue weighted by Crippen LogP contribution is 2.26. The van der Waals surface area contributed by atoms with E-state index in [2.05, 4.69) is 5.32 Å². The molecule has 2 unspecified atom stereocenters. The Morgan fingerprint density at radius 2 is 2.03 bits per heavy atom. The van der Waals surface area contributed by atoms with E-state index < -0.39 is 0 Å². The summed E-state index contributed by atoms with van der Waals surface area (Å²) in [4.78, 5) is 30.6. The number of fused-ring (bicyclic) bond motifs is 1. The standard InChI is InChI=1S/C23H31N3O3S/c1-16(21(27)24-14-17-8-3-2-4-9-17)30-23-25-20-12-6-5-11-19(20)22(28)26(23)15-18-10-7-13-29-18/h5-6,11-12,16-18H,2-4,7-10,13-15H2,1H3,(H,24,27). The predicted molar refractivity (Wildman–Crippen MR) is 120 cm³/mol. The third-order valence-corrected chi connectivity index (χ3v) is 7.27. The van der Waals surface area contributed by atoms with Gasteiger partial charge in [-0.1, -0.05) is 43.2 Å². The van der Waals surface area contributed by atoms with E-state index in [4.69, 9.17) is 9.72 Å². The van der Waals surface area contributed by atoms with Crippen LogP contribution >= 0.6 is 11.8 Å². The number of thioether (sulfide) groups is 1. The zero-order valence-electron chi connectivity index (χ0n) is 17.6. The van der Waals surface area contributed by atoms with Crippen molar-refractivity contribution in [2.24, 2.45) is 5.92 Å². The van der Waals surface area contributed by atoms with Gasteiger partial charge in [-0.3, -0.25) is 14.2 Å². The number of rotatable bonds is 7. The average molecular weight is 430 g/mol. The van der Waals surface area contributed by atoms with Crippen LogP contribution in [0.5, 0.6) is 0 Å². The molecule has 30 heavy (non-hydrogen) atoms. The maximum Gasteiger partial charge on any atom is 0.262 e. The van der Waals surface area contributed by atoms with Gasteiger partial charge in [-0.15, -0.1) is 0 Å². The lowest BCUT2D eigenvalue weighted by atomic mass is 9.89. The van der Waals surface area contributed by atoms with E-state index in [-0.39, 0.29) is 22.8 Å². The van der Waals surface area contributed by atoms with E-state index in [1.807, 2.05) is 31.2 Å². The summed E-state index contributed by atoms with van der Waals surface area (Å²) in [5.74, 6) is 0.605. The Labute approximate surface area is 181 Å². The van der Waals surface area contributed by atoms with E-state index in [1.165, 1.54) is 43.9 Å². The molecule has 1 saturated carbocycles. The van der Waals surface area contributed by atoms with Gasteiger partial charge in [0.25, 0.3) is 5.56 Å². The largest absolute Gasteiger partial charge is 0.376 e. The molecule has 2 heterocycles. The number of ether oxygens (including phenoxy) is 1. The van der Waals surface area contributed by atoms with Crippen molar-refractivity contribution in [3.8, 4) is 0 Å². The first-order chi connectivity index (χ1) is 14.6. The number of carbonyl (C=O) groups excluding carboxylic acids is 1. The van der Waals surface area contributed by atoms with Gasteiger partial charge < -0.3 is 10.1 Å². The molecule has 2 fully saturated rings. The summed E-state index contributed by atoms with van der Waals surface area (Å²) >= 11 is 1.36. The molecule has 6 nitrogen and oxygen atoms in total. The van der Waals surface area contributed by atoms with Crippen LogP contribution in [0, 0.1) is 5.92 Å². The summed E-state index contributed by atoms with van der Waals surface area (Å²) in [5.41, 5.74) is 0.608. The molecule has 4 rings (SSSR count). The van der Waals surface area contributed by atoms with Crippen LogP contribution in [0.2, 0.25) is 0 Å². The molecule has 2 aliphatic rings. The van der Waals surface area contributed by atoms with E-state index in [9.17, 15) is 9.59 Å². The second-order valence-corrected chi connectivity index (χ2v) is 9.78. The van der Waals surface area contributed by atoms with Crippen LogP contribution in [0.1, 0.15) is 51.9 Å². The Morgan fingerprint density at radius 3 is 2.80 bits per heavy atom. The number of nitrogens with zero attached hydrogens (tertiary/aromatic N) is 2. The Bertz CT molecular complexity index is 933. The van der Waals surface area contributed by atoms with Crippen LogP contribution in [0.25, 0.3) is 10.9 Å². The number of carbonyl (C=O) groups is 1. The van der Waals surface area contributed by atoms with E-state index in [1.54, 1.807) is 4.57 Å². The van der Waals surface area contributed by atoms with Crippen LogP contribution in [0.3, 0.4) is 0 Å². The van der Waals surface area contributed by atoms with Gasteiger partial charge in [0, 0.05) is 13.2 Å². The van der Waals surface area contributed by atoms with Crippen molar-refractivity contribution in [3.63, 3.8) is 0 Å². The van der Waals surface area contributed by atoms with Crippen molar-refractivity contribution in [1.29, 1.82) is 0 Å². The van der Waals surface area contributed by atoms with Gasteiger partial charge in [0.2, 0.25) is 5.91 Å². The van der Waals surface area contributed by atoms with E-state index >= 15 is 0 Å². The number of hydrogen-bond donors (Lipinski definition) is 1. The van der Waals surface area contributed by atoms with Crippen LogP contribution in [-0.2, 0) is 16.1 Å². The molecule has 1 saturated heterocycles. The van der Waals surface area contributed by atoms with Crippen molar-refractivity contribution in [2.75, 3.05) is 13.2 Å². The Balaban J connectivity index is 1.51. The number of nitrogens with one attached hydrogen (secondary N) is 1. The quantitative estimate of drug-likeness (QED) is 0.536. The maximum absolute atomic E-state index is 13.2. The van der Waals surface area contributed by atoms with Gasteiger partial charge in [0.1, 0.15) is 0 Å². The Morgan fingerprint density at radius 1 is 1.23 bits per heavy atom. The fourth-order valence-electron chi connectivity index (χ4n) is 4.38. The predicted octanol–water partition coefficient (Wildman–Crippen LogP) is 3.75. The summed E-state index contributed by atoms with van der Waals surface area (Å²) in [5, 5.41) is 3.99. The van der Waals surface area contributed by atoms with Gasteiger partial charge in [0.05, 0.1) is 28.8 Å². The summed E-state index contributed by atoms with van der Waals surface area (Å²) in [6.07, 6.45) is 8.24. The molecule has 1 aromatic carbocycles. The maximum atomic E-state index is 13.2. The minimum absolute atomic E-state index is 0.0108.